The van der Waals surface area contributed by atoms with Gasteiger partial charge in [-0.3, -0.25) is 14.5 Å². The Bertz CT molecular complexity index is 1450. The average Bonchev–Trinajstić information content (AvgIpc) is 3.39. The zero-order valence-corrected chi connectivity index (χ0v) is 26.7. The van der Waals surface area contributed by atoms with Crippen LogP contribution in [0.5, 0.6) is 5.75 Å². The van der Waals surface area contributed by atoms with E-state index in [-0.39, 0.29) is 37.8 Å². The van der Waals surface area contributed by atoms with Gasteiger partial charge in [0.1, 0.15) is 0 Å². The van der Waals surface area contributed by atoms with Crippen LogP contribution >= 0.6 is 0 Å². The molecule has 46 heavy (non-hydrogen) atoms. The smallest absolute Gasteiger partial charge is 0.416 e. The number of benzene rings is 2. The van der Waals surface area contributed by atoms with Gasteiger partial charge in [-0.1, -0.05) is 12.1 Å². The van der Waals surface area contributed by atoms with Gasteiger partial charge in [0.25, 0.3) is 5.91 Å². The fourth-order valence-corrected chi connectivity index (χ4v) is 7.18. The molecule has 1 N–H and O–H groups in total. The molecule has 3 aliphatic heterocycles. The number of amides is 1. The topological polar surface area (TPSA) is 73.3 Å². The Morgan fingerprint density at radius 2 is 1.61 bits per heavy atom. The predicted octanol–water partition coefficient (Wildman–Crippen LogP) is 6.47. The summed E-state index contributed by atoms with van der Waals surface area (Å²) in [5.74, 6) is -3.79. The number of hydrogen-bond acceptors (Lipinski definition) is 5. The number of piperidine rings is 2. The van der Waals surface area contributed by atoms with Gasteiger partial charge in [0.15, 0.2) is 11.6 Å². The molecule has 0 aliphatic carbocycles. The van der Waals surface area contributed by atoms with Crippen LogP contribution in [0.15, 0.2) is 36.4 Å². The van der Waals surface area contributed by atoms with Gasteiger partial charge >= 0.3 is 12.1 Å². The first-order valence-electron chi connectivity index (χ1n) is 15.8. The Hall–Kier alpha value is -3.41. The van der Waals surface area contributed by atoms with Crippen molar-refractivity contribution in [2.24, 2.45) is 5.92 Å². The van der Waals surface area contributed by atoms with E-state index in [0.717, 1.165) is 17.7 Å². The van der Waals surface area contributed by atoms with Gasteiger partial charge in [-0.05, 0) is 87.8 Å². The number of aliphatic carboxylic acids is 1. The highest BCUT2D eigenvalue weighted by molar-refractivity contribution is 5.87. The first kappa shape index (κ1) is 33.9. The van der Waals surface area contributed by atoms with Gasteiger partial charge in [-0.15, -0.1) is 0 Å². The van der Waals surface area contributed by atoms with E-state index in [1.807, 2.05) is 30.6 Å². The Kier molecular flexibility index (Phi) is 9.34. The molecule has 2 atom stereocenters. The third-order valence-corrected chi connectivity index (χ3v) is 10.0. The molecule has 252 valence electrons. The first-order valence-corrected chi connectivity index (χ1v) is 15.8. The molecule has 1 amide bonds. The number of methoxy groups -OCH3 is 1. The summed E-state index contributed by atoms with van der Waals surface area (Å²) in [4.78, 5) is 30.7. The second-order valence-corrected chi connectivity index (χ2v) is 13.8. The molecule has 0 saturated carbocycles. The molecular weight excluding hydrogens is 609 g/mol. The second-order valence-electron chi connectivity index (χ2n) is 13.8. The molecule has 3 fully saturated rings. The van der Waals surface area contributed by atoms with E-state index >= 15 is 4.39 Å². The van der Waals surface area contributed by atoms with Crippen molar-refractivity contribution in [3.05, 3.63) is 58.9 Å². The molecule has 0 spiro atoms. The fourth-order valence-electron chi connectivity index (χ4n) is 7.18. The van der Waals surface area contributed by atoms with E-state index in [4.69, 9.17) is 4.74 Å². The maximum atomic E-state index is 17.2. The third-order valence-electron chi connectivity index (χ3n) is 10.0. The molecule has 3 aliphatic rings. The molecular formula is C34H42F5N3O4. The normalized spacial score (nSPS) is 24.0. The van der Waals surface area contributed by atoms with Crippen LogP contribution in [0.25, 0.3) is 0 Å². The number of anilines is 1. The summed E-state index contributed by atoms with van der Waals surface area (Å²) in [6, 6.07) is 7.96. The van der Waals surface area contributed by atoms with E-state index in [2.05, 4.69) is 0 Å². The van der Waals surface area contributed by atoms with Crippen LogP contribution < -0.4 is 9.64 Å². The maximum absolute atomic E-state index is 17.2. The Morgan fingerprint density at radius 3 is 2.15 bits per heavy atom. The molecule has 2 aromatic rings. The van der Waals surface area contributed by atoms with Gasteiger partial charge < -0.3 is 19.6 Å². The van der Waals surface area contributed by atoms with Crippen molar-refractivity contribution >= 4 is 17.6 Å². The molecule has 0 radical (unpaired) electrons. The van der Waals surface area contributed by atoms with E-state index in [0.29, 0.717) is 50.0 Å². The summed E-state index contributed by atoms with van der Waals surface area (Å²) in [6.07, 6.45) is -3.01. The fraction of sp³-hybridized carbons (Fsp3) is 0.588. The van der Waals surface area contributed by atoms with Crippen LogP contribution in [0.3, 0.4) is 0 Å². The van der Waals surface area contributed by atoms with Crippen LogP contribution in [-0.2, 0) is 15.8 Å². The number of ether oxygens (including phenoxy) is 1. The molecule has 12 heteroatoms. The summed E-state index contributed by atoms with van der Waals surface area (Å²) >= 11 is 0. The maximum Gasteiger partial charge on any atom is 0.416 e. The van der Waals surface area contributed by atoms with Crippen LogP contribution in [0.1, 0.15) is 75.0 Å². The van der Waals surface area contributed by atoms with Gasteiger partial charge in [0, 0.05) is 56.4 Å². The number of halogens is 5. The van der Waals surface area contributed by atoms with Crippen molar-refractivity contribution in [2.45, 2.75) is 75.7 Å². The van der Waals surface area contributed by atoms with Crippen molar-refractivity contribution in [2.75, 3.05) is 51.3 Å². The third kappa shape index (κ3) is 6.68. The summed E-state index contributed by atoms with van der Waals surface area (Å²) < 4.78 is 78.0. The van der Waals surface area contributed by atoms with E-state index in [1.54, 1.807) is 6.07 Å². The minimum Gasteiger partial charge on any atom is -0.494 e. The molecule has 2 aromatic carbocycles. The van der Waals surface area contributed by atoms with Crippen LogP contribution in [0.4, 0.5) is 27.6 Å². The zero-order valence-electron chi connectivity index (χ0n) is 26.7. The van der Waals surface area contributed by atoms with Gasteiger partial charge in [-0.2, -0.15) is 13.2 Å². The Balaban J connectivity index is 1.37. The van der Waals surface area contributed by atoms with E-state index < -0.39 is 52.5 Å². The SMILES string of the molecule is COc1ccc([C@@H]2CN(C(C)(C)C)C[C@@]2(F)C(=O)N2CCC(c3ccc(C(F)(F)F)cc3N3CCC(C(=O)O)CC3)CC2)cc1F. The second kappa shape index (κ2) is 12.7. The van der Waals surface area contributed by atoms with Crippen molar-refractivity contribution in [3.8, 4) is 5.75 Å². The van der Waals surface area contributed by atoms with Gasteiger partial charge in [-0.25, -0.2) is 8.78 Å². The highest BCUT2D eigenvalue weighted by Gasteiger charge is 2.57. The minimum absolute atomic E-state index is 0.0289. The number of carboxylic acids is 1. The van der Waals surface area contributed by atoms with Crippen molar-refractivity contribution in [3.63, 3.8) is 0 Å². The van der Waals surface area contributed by atoms with Crippen LogP contribution in [0, 0.1) is 11.7 Å². The monoisotopic (exact) mass is 651 g/mol. The molecule has 3 heterocycles. The number of hydrogen-bond donors (Lipinski definition) is 1. The minimum atomic E-state index is -4.54. The lowest BCUT2D eigenvalue weighted by Crippen LogP contribution is -2.53. The largest absolute Gasteiger partial charge is 0.494 e. The predicted molar refractivity (Wildman–Crippen MR) is 163 cm³/mol. The van der Waals surface area contributed by atoms with Crippen LogP contribution in [-0.4, -0.2) is 84.4 Å². The number of carbonyl (C=O) groups excluding carboxylic acids is 1. The van der Waals surface area contributed by atoms with E-state index in [1.165, 1.54) is 30.2 Å². The molecule has 7 nitrogen and oxygen atoms in total. The summed E-state index contributed by atoms with van der Waals surface area (Å²) in [6.45, 7) is 6.97. The van der Waals surface area contributed by atoms with Gasteiger partial charge in [0.2, 0.25) is 5.67 Å². The highest BCUT2D eigenvalue weighted by atomic mass is 19.4. The van der Waals surface area contributed by atoms with E-state index in [9.17, 15) is 32.3 Å². The van der Waals surface area contributed by atoms with Crippen molar-refractivity contribution < 1.29 is 41.4 Å². The molecule has 3 saturated heterocycles. The van der Waals surface area contributed by atoms with Crippen molar-refractivity contribution in [1.29, 1.82) is 0 Å². The number of carbonyl (C=O) groups is 2. The lowest BCUT2D eigenvalue weighted by atomic mass is 9.83. The number of alkyl halides is 4. The zero-order chi connectivity index (χ0) is 33.6. The standard InChI is InChI=1S/C34H42F5N3O4/c1-32(2,3)42-19-26(23-5-8-29(46-4)27(35)17-23)33(36,20-42)31(45)41-15-9-21(10-16-41)25-7-6-24(34(37,38)39)18-28(25)40-13-11-22(12-14-40)30(43)44/h5-8,17-18,21-22,26H,9-16,19-20H2,1-4H3,(H,43,44)/t26-,33-/m0/s1. The number of rotatable bonds is 6. The number of carboxylic acid groups (broad SMARTS) is 1. The lowest BCUT2D eigenvalue weighted by molar-refractivity contribution is -0.145. The lowest BCUT2D eigenvalue weighted by Gasteiger charge is -2.39. The molecule has 0 aromatic heterocycles. The quantitative estimate of drug-likeness (QED) is 0.362. The Morgan fingerprint density at radius 1 is 0.957 bits per heavy atom. The first-order chi connectivity index (χ1) is 21.5. The summed E-state index contributed by atoms with van der Waals surface area (Å²) in [5.41, 5.74) is -2.00. The summed E-state index contributed by atoms with van der Waals surface area (Å²) in [7, 11) is 1.34. The summed E-state index contributed by atoms with van der Waals surface area (Å²) in [5, 5.41) is 9.39. The van der Waals surface area contributed by atoms with Crippen LogP contribution in [0.2, 0.25) is 0 Å². The molecule has 5 rings (SSSR count). The Labute approximate surface area is 266 Å². The number of nitrogens with zero attached hydrogens (tertiary/aromatic N) is 3. The van der Waals surface area contributed by atoms with Gasteiger partial charge in [0.05, 0.1) is 18.6 Å². The number of likely N-dealkylation sites (tertiary alicyclic amines) is 2. The molecule has 0 unspecified atom stereocenters. The molecule has 0 bridgehead atoms. The average molecular weight is 652 g/mol. The van der Waals surface area contributed by atoms with Crippen molar-refractivity contribution in [1.82, 2.24) is 9.80 Å². The highest BCUT2D eigenvalue weighted by Crippen LogP contribution is 2.45.